The Morgan fingerprint density at radius 2 is 2.10 bits per heavy atom. The van der Waals surface area contributed by atoms with Crippen molar-refractivity contribution in [2.24, 2.45) is 0 Å². The topological polar surface area (TPSA) is 50.8 Å². The summed E-state index contributed by atoms with van der Waals surface area (Å²) in [6, 6.07) is 6.10. The maximum Gasteiger partial charge on any atom is 0.215 e. The summed E-state index contributed by atoms with van der Waals surface area (Å²) in [7, 11) is 1.62. The van der Waals surface area contributed by atoms with Gasteiger partial charge in [-0.15, -0.1) is 11.3 Å². The fraction of sp³-hybridized carbons (Fsp3) is 0.333. The van der Waals surface area contributed by atoms with Crippen LogP contribution in [-0.2, 0) is 12.8 Å². The summed E-state index contributed by atoms with van der Waals surface area (Å²) in [6.45, 7) is 0. The van der Waals surface area contributed by atoms with E-state index in [1.165, 1.54) is 41.0 Å². The van der Waals surface area contributed by atoms with Crippen LogP contribution in [0.3, 0.4) is 0 Å². The molecule has 4 rings (SSSR count). The lowest BCUT2D eigenvalue weighted by Crippen LogP contribution is -1.96. The van der Waals surface area contributed by atoms with Crippen molar-refractivity contribution >= 4 is 22.5 Å². The summed E-state index contributed by atoms with van der Waals surface area (Å²) >= 11 is 1.86. The second-order valence-electron chi connectivity index (χ2n) is 5.08. The lowest BCUT2D eigenvalue weighted by Gasteiger charge is -2.08. The van der Waals surface area contributed by atoms with Crippen LogP contribution < -0.4 is 4.74 Å². The van der Waals surface area contributed by atoms with Crippen LogP contribution in [-0.4, -0.2) is 22.1 Å². The third kappa shape index (κ3) is 1.89. The van der Waals surface area contributed by atoms with Crippen molar-refractivity contribution in [1.29, 1.82) is 0 Å². The molecule has 3 heterocycles. The molecule has 0 saturated heterocycles. The molecule has 4 nitrogen and oxygen atoms in total. The third-order valence-corrected chi connectivity index (χ3v) is 5.00. The second kappa shape index (κ2) is 4.59. The van der Waals surface area contributed by atoms with Crippen LogP contribution >= 0.6 is 11.3 Å². The lowest BCUT2D eigenvalue weighted by atomic mass is 9.99. The van der Waals surface area contributed by atoms with E-state index in [0.717, 1.165) is 11.3 Å². The first-order valence-corrected chi connectivity index (χ1v) is 7.68. The number of thiophene rings is 1. The summed E-state index contributed by atoms with van der Waals surface area (Å²) < 4.78 is 5.14. The zero-order valence-corrected chi connectivity index (χ0v) is 12.1. The van der Waals surface area contributed by atoms with E-state index in [2.05, 4.69) is 21.0 Å². The van der Waals surface area contributed by atoms with Gasteiger partial charge in [-0.25, -0.2) is 4.98 Å². The molecule has 0 aliphatic heterocycles. The van der Waals surface area contributed by atoms with Gasteiger partial charge in [0.25, 0.3) is 0 Å². The molecule has 20 heavy (non-hydrogen) atoms. The van der Waals surface area contributed by atoms with E-state index in [1.54, 1.807) is 7.11 Å². The van der Waals surface area contributed by atoms with Crippen molar-refractivity contribution in [1.82, 2.24) is 15.0 Å². The highest BCUT2D eigenvalue weighted by molar-refractivity contribution is 7.15. The van der Waals surface area contributed by atoms with Gasteiger partial charge in [0.15, 0.2) is 11.5 Å². The van der Waals surface area contributed by atoms with Gasteiger partial charge >= 0.3 is 0 Å². The molecule has 0 fully saturated rings. The second-order valence-corrected chi connectivity index (χ2v) is 6.21. The molecule has 3 aromatic rings. The molecule has 5 heteroatoms. The number of aromatic amines is 1. The number of hydrogen-bond donors (Lipinski definition) is 1. The van der Waals surface area contributed by atoms with Gasteiger partial charge in [0, 0.05) is 10.9 Å². The van der Waals surface area contributed by atoms with Gasteiger partial charge in [-0.05, 0) is 43.4 Å². The predicted molar refractivity (Wildman–Crippen MR) is 80.4 cm³/mol. The minimum absolute atomic E-state index is 0.598. The van der Waals surface area contributed by atoms with Crippen molar-refractivity contribution in [2.45, 2.75) is 25.7 Å². The molecular weight excluding hydrogens is 270 g/mol. The molecular formula is C15H15N3OS. The normalized spacial score (nSPS) is 14.4. The number of methoxy groups -OCH3 is 1. The van der Waals surface area contributed by atoms with Crippen molar-refractivity contribution in [3.63, 3.8) is 0 Å². The molecule has 0 spiro atoms. The molecule has 0 amide bonds. The number of ether oxygens (including phenoxy) is 1. The number of hydrogen-bond acceptors (Lipinski definition) is 4. The summed E-state index contributed by atoms with van der Waals surface area (Å²) in [6.07, 6.45) is 5.04. The molecule has 0 bridgehead atoms. The summed E-state index contributed by atoms with van der Waals surface area (Å²) in [5.74, 6) is 1.51. The molecule has 3 aromatic heterocycles. The fourth-order valence-corrected chi connectivity index (χ4v) is 3.91. The number of nitrogens with one attached hydrogen (secondary N) is 1. The highest BCUT2D eigenvalue weighted by Gasteiger charge is 2.16. The van der Waals surface area contributed by atoms with Gasteiger partial charge in [-0.3, -0.25) is 0 Å². The highest BCUT2D eigenvalue weighted by Crippen LogP contribution is 2.35. The van der Waals surface area contributed by atoms with Gasteiger partial charge in [0.2, 0.25) is 5.88 Å². The van der Waals surface area contributed by atoms with Crippen LogP contribution in [0, 0.1) is 0 Å². The van der Waals surface area contributed by atoms with Crippen LogP contribution in [0.25, 0.3) is 21.9 Å². The number of rotatable bonds is 2. The first-order valence-electron chi connectivity index (χ1n) is 6.86. The lowest BCUT2D eigenvalue weighted by molar-refractivity contribution is 0.399. The number of aromatic nitrogens is 3. The zero-order chi connectivity index (χ0) is 13.5. The molecule has 0 radical (unpaired) electrons. The Kier molecular flexibility index (Phi) is 2.73. The SMILES string of the molecule is COc1ccc2[nH]c(-c3cc4c(s3)CCCC4)nc2n1. The van der Waals surface area contributed by atoms with Gasteiger partial charge in [-0.1, -0.05) is 0 Å². The first-order chi connectivity index (χ1) is 9.83. The fourth-order valence-electron chi connectivity index (χ4n) is 2.71. The average molecular weight is 285 g/mol. The van der Waals surface area contributed by atoms with E-state index < -0.39 is 0 Å². The Morgan fingerprint density at radius 3 is 2.95 bits per heavy atom. The molecule has 1 aliphatic carbocycles. The molecule has 0 aromatic carbocycles. The van der Waals surface area contributed by atoms with E-state index >= 15 is 0 Å². The van der Waals surface area contributed by atoms with Gasteiger partial charge in [-0.2, -0.15) is 4.98 Å². The van der Waals surface area contributed by atoms with Gasteiger partial charge < -0.3 is 9.72 Å². The highest BCUT2D eigenvalue weighted by atomic mass is 32.1. The molecule has 0 atom stereocenters. The van der Waals surface area contributed by atoms with Gasteiger partial charge in [0.1, 0.15) is 0 Å². The largest absolute Gasteiger partial charge is 0.481 e. The van der Waals surface area contributed by atoms with Crippen LogP contribution in [0.2, 0.25) is 0 Å². The third-order valence-electron chi connectivity index (χ3n) is 3.76. The number of imidazole rings is 1. The molecule has 0 saturated carbocycles. The van der Waals surface area contributed by atoms with E-state index in [1.807, 2.05) is 23.5 Å². The van der Waals surface area contributed by atoms with Crippen LogP contribution in [0.5, 0.6) is 5.88 Å². The van der Waals surface area contributed by atoms with E-state index in [9.17, 15) is 0 Å². The minimum Gasteiger partial charge on any atom is -0.481 e. The molecule has 1 N–H and O–H groups in total. The standard InChI is InChI=1S/C15H15N3OS/c1-19-13-7-6-10-14(17-13)18-15(16-10)12-8-9-4-2-3-5-11(9)20-12/h6-8H,2-5H2,1H3,(H,16,17,18). The van der Waals surface area contributed by atoms with Crippen molar-refractivity contribution in [3.8, 4) is 16.6 Å². The van der Waals surface area contributed by atoms with E-state index in [0.29, 0.717) is 11.5 Å². The molecule has 1 aliphatic rings. The number of nitrogens with zero attached hydrogens (tertiary/aromatic N) is 2. The summed E-state index contributed by atoms with van der Waals surface area (Å²) in [5.41, 5.74) is 3.17. The molecule has 0 unspecified atom stereocenters. The van der Waals surface area contributed by atoms with Crippen LogP contribution in [0.15, 0.2) is 18.2 Å². The molecule has 102 valence electrons. The number of pyridine rings is 1. The van der Waals surface area contributed by atoms with Crippen molar-refractivity contribution in [3.05, 3.63) is 28.6 Å². The summed E-state index contributed by atoms with van der Waals surface area (Å²) in [4.78, 5) is 15.1. The smallest absolute Gasteiger partial charge is 0.215 e. The van der Waals surface area contributed by atoms with Crippen molar-refractivity contribution < 1.29 is 4.74 Å². The Morgan fingerprint density at radius 1 is 1.20 bits per heavy atom. The first kappa shape index (κ1) is 11.9. The van der Waals surface area contributed by atoms with E-state index in [4.69, 9.17) is 4.74 Å². The average Bonchev–Trinajstić information content (AvgIpc) is 3.09. The Hall–Kier alpha value is -1.88. The van der Waals surface area contributed by atoms with Crippen LogP contribution in [0.4, 0.5) is 0 Å². The number of H-pyrrole nitrogens is 1. The Bertz CT molecular complexity index is 751. The quantitative estimate of drug-likeness (QED) is 0.783. The van der Waals surface area contributed by atoms with E-state index in [-0.39, 0.29) is 0 Å². The minimum atomic E-state index is 0.598. The Labute approximate surface area is 120 Å². The van der Waals surface area contributed by atoms with Crippen molar-refractivity contribution in [2.75, 3.05) is 7.11 Å². The Balaban J connectivity index is 1.79. The number of fused-ring (bicyclic) bond motifs is 2. The van der Waals surface area contributed by atoms with Gasteiger partial charge in [0.05, 0.1) is 17.5 Å². The van der Waals surface area contributed by atoms with Crippen LogP contribution in [0.1, 0.15) is 23.3 Å². The summed E-state index contributed by atoms with van der Waals surface area (Å²) in [5, 5.41) is 0. The monoisotopic (exact) mass is 285 g/mol. The maximum absolute atomic E-state index is 5.14. The zero-order valence-electron chi connectivity index (χ0n) is 11.3. The number of aryl methyl sites for hydroxylation is 2. The predicted octanol–water partition coefficient (Wildman–Crippen LogP) is 3.57. The maximum atomic E-state index is 5.14.